The molecule has 0 aliphatic carbocycles. The fourth-order valence-electron chi connectivity index (χ4n) is 1.10. The molecule has 0 saturated carbocycles. The van der Waals surface area contributed by atoms with E-state index in [1.165, 1.54) is 6.07 Å². The number of hydrogen-bond acceptors (Lipinski definition) is 4. The predicted octanol–water partition coefficient (Wildman–Crippen LogP) is 4.21. The van der Waals surface area contributed by atoms with Gasteiger partial charge in [-0.3, -0.25) is 10.1 Å². The number of halogens is 1. The highest BCUT2D eigenvalue weighted by atomic mass is 79.9. The number of nitrogens with zero attached hydrogens (tertiary/aromatic N) is 1. The molecule has 2 aromatic rings. The summed E-state index contributed by atoms with van der Waals surface area (Å²) in [5, 5.41) is 11.1. The summed E-state index contributed by atoms with van der Waals surface area (Å²) in [5.41, 5.74) is 0. The molecule has 1 aromatic heterocycles. The van der Waals surface area contributed by atoms with Crippen LogP contribution < -0.4 is 4.74 Å². The van der Waals surface area contributed by atoms with Crippen molar-refractivity contribution in [1.29, 1.82) is 0 Å². The second-order valence-corrected chi connectivity index (χ2v) is 4.74. The van der Waals surface area contributed by atoms with Gasteiger partial charge in [-0.15, -0.1) is 0 Å². The van der Waals surface area contributed by atoms with Gasteiger partial charge >= 0.3 is 5.00 Å². The maximum absolute atomic E-state index is 10.6. The molecule has 82 valence electrons. The summed E-state index contributed by atoms with van der Waals surface area (Å²) in [6, 6.07) is 10.6. The van der Waals surface area contributed by atoms with E-state index in [9.17, 15) is 10.1 Å². The SMILES string of the molecule is O=[N+]([O-])c1cc(Br)c(Oc2ccccc2)s1. The summed E-state index contributed by atoms with van der Waals surface area (Å²) in [6.45, 7) is 0. The Kier molecular flexibility index (Phi) is 3.21. The minimum atomic E-state index is -0.437. The van der Waals surface area contributed by atoms with E-state index in [0.717, 1.165) is 11.3 Å². The molecule has 0 fully saturated rings. The Balaban J connectivity index is 2.25. The number of thiophene rings is 1. The van der Waals surface area contributed by atoms with Gasteiger partial charge in [0.2, 0.25) is 5.06 Å². The maximum atomic E-state index is 10.6. The van der Waals surface area contributed by atoms with Crippen LogP contribution in [0.5, 0.6) is 10.8 Å². The van der Waals surface area contributed by atoms with Gasteiger partial charge in [0.05, 0.1) is 9.40 Å². The summed E-state index contributed by atoms with van der Waals surface area (Å²) in [5.74, 6) is 0.653. The second-order valence-electron chi connectivity index (χ2n) is 2.89. The molecule has 0 bridgehead atoms. The van der Waals surface area contributed by atoms with Crippen LogP contribution in [0.2, 0.25) is 0 Å². The van der Waals surface area contributed by atoms with Crippen molar-refractivity contribution in [2.75, 3.05) is 0 Å². The molecule has 0 N–H and O–H groups in total. The second kappa shape index (κ2) is 4.63. The molecule has 0 aliphatic heterocycles. The van der Waals surface area contributed by atoms with Crippen molar-refractivity contribution in [1.82, 2.24) is 0 Å². The Hall–Kier alpha value is -1.40. The summed E-state index contributed by atoms with van der Waals surface area (Å²) in [7, 11) is 0. The zero-order valence-electron chi connectivity index (χ0n) is 7.92. The molecule has 2 rings (SSSR count). The van der Waals surface area contributed by atoms with Gasteiger partial charge in [0.15, 0.2) is 0 Å². The molecule has 0 atom stereocenters. The van der Waals surface area contributed by atoms with E-state index < -0.39 is 4.92 Å². The Labute approximate surface area is 104 Å². The topological polar surface area (TPSA) is 52.4 Å². The van der Waals surface area contributed by atoms with Gasteiger partial charge in [-0.1, -0.05) is 18.2 Å². The smallest absolute Gasteiger partial charge is 0.328 e. The standard InChI is InChI=1S/C10H6BrNO3S/c11-8-6-9(12(13)14)16-10(8)15-7-4-2-1-3-5-7/h1-6H. The minimum absolute atomic E-state index is 0.0535. The summed E-state index contributed by atoms with van der Waals surface area (Å²) in [6.07, 6.45) is 0. The summed E-state index contributed by atoms with van der Waals surface area (Å²) in [4.78, 5) is 10.1. The minimum Gasteiger partial charge on any atom is -0.445 e. The monoisotopic (exact) mass is 299 g/mol. The molecule has 1 heterocycles. The van der Waals surface area contributed by atoms with Crippen molar-refractivity contribution in [3.8, 4) is 10.8 Å². The maximum Gasteiger partial charge on any atom is 0.328 e. The van der Waals surface area contributed by atoms with Crippen LogP contribution in [0, 0.1) is 10.1 Å². The van der Waals surface area contributed by atoms with Gasteiger partial charge in [0.25, 0.3) is 0 Å². The number of nitro groups is 1. The Morgan fingerprint density at radius 1 is 1.31 bits per heavy atom. The van der Waals surface area contributed by atoms with Crippen molar-refractivity contribution in [3.63, 3.8) is 0 Å². The van der Waals surface area contributed by atoms with Crippen molar-refractivity contribution in [3.05, 3.63) is 51.0 Å². The number of rotatable bonds is 3. The van der Waals surface area contributed by atoms with Crippen LogP contribution in [0.25, 0.3) is 0 Å². The summed E-state index contributed by atoms with van der Waals surface area (Å²) < 4.78 is 6.10. The van der Waals surface area contributed by atoms with Gasteiger partial charge in [-0.2, -0.15) is 0 Å². The molecular formula is C10H6BrNO3S. The lowest BCUT2D eigenvalue weighted by Crippen LogP contribution is -1.81. The lowest BCUT2D eigenvalue weighted by Gasteiger charge is -2.01. The average Bonchev–Trinajstić information content (AvgIpc) is 2.62. The van der Waals surface area contributed by atoms with Gasteiger partial charge in [-0.05, 0) is 39.4 Å². The van der Waals surface area contributed by atoms with E-state index in [1.54, 1.807) is 12.1 Å². The molecule has 0 amide bonds. The molecule has 1 aromatic carbocycles. The molecule has 0 radical (unpaired) electrons. The van der Waals surface area contributed by atoms with Crippen LogP contribution in [0.1, 0.15) is 0 Å². The third-order valence-electron chi connectivity index (χ3n) is 1.78. The van der Waals surface area contributed by atoms with Crippen LogP contribution in [0.15, 0.2) is 40.9 Å². The zero-order chi connectivity index (χ0) is 11.5. The molecule has 6 heteroatoms. The first-order valence-corrected chi connectivity index (χ1v) is 5.94. The van der Waals surface area contributed by atoms with Crippen LogP contribution in [0.3, 0.4) is 0 Å². The molecule has 0 unspecified atom stereocenters. The highest BCUT2D eigenvalue weighted by Crippen LogP contribution is 2.41. The van der Waals surface area contributed by atoms with E-state index in [4.69, 9.17) is 4.74 Å². The molecule has 4 nitrogen and oxygen atoms in total. The zero-order valence-corrected chi connectivity index (χ0v) is 10.3. The van der Waals surface area contributed by atoms with E-state index in [2.05, 4.69) is 15.9 Å². The molecule has 0 aliphatic rings. The van der Waals surface area contributed by atoms with Crippen LogP contribution in [-0.4, -0.2) is 4.92 Å². The van der Waals surface area contributed by atoms with E-state index in [-0.39, 0.29) is 5.00 Å². The lowest BCUT2D eigenvalue weighted by atomic mass is 10.3. The van der Waals surface area contributed by atoms with Crippen LogP contribution in [-0.2, 0) is 0 Å². The molecule has 0 saturated heterocycles. The molecule has 0 spiro atoms. The fraction of sp³-hybridized carbons (Fsp3) is 0. The van der Waals surface area contributed by atoms with Crippen molar-refractivity contribution >= 4 is 32.3 Å². The fourth-order valence-corrected chi connectivity index (χ4v) is 2.52. The van der Waals surface area contributed by atoms with E-state index in [1.807, 2.05) is 18.2 Å². The highest BCUT2D eigenvalue weighted by Gasteiger charge is 2.16. The van der Waals surface area contributed by atoms with Crippen molar-refractivity contribution < 1.29 is 9.66 Å². The van der Waals surface area contributed by atoms with E-state index >= 15 is 0 Å². The Morgan fingerprint density at radius 2 is 2.00 bits per heavy atom. The van der Waals surface area contributed by atoms with Crippen molar-refractivity contribution in [2.24, 2.45) is 0 Å². The first-order chi connectivity index (χ1) is 7.66. The predicted molar refractivity (Wildman–Crippen MR) is 65.2 cm³/mol. The number of ether oxygens (including phenoxy) is 1. The van der Waals surface area contributed by atoms with Crippen molar-refractivity contribution in [2.45, 2.75) is 0 Å². The summed E-state index contributed by atoms with van der Waals surface area (Å²) >= 11 is 4.22. The van der Waals surface area contributed by atoms with Gasteiger partial charge in [0.1, 0.15) is 5.75 Å². The van der Waals surface area contributed by atoms with Crippen LogP contribution in [0.4, 0.5) is 5.00 Å². The van der Waals surface area contributed by atoms with Gasteiger partial charge in [0, 0.05) is 6.07 Å². The normalized spacial score (nSPS) is 10.1. The van der Waals surface area contributed by atoms with E-state index in [0.29, 0.717) is 15.3 Å². The first kappa shape index (κ1) is 11.1. The number of hydrogen-bond donors (Lipinski definition) is 0. The van der Waals surface area contributed by atoms with Crippen LogP contribution >= 0.6 is 27.3 Å². The third kappa shape index (κ3) is 2.40. The molecule has 16 heavy (non-hydrogen) atoms. The lowest BCUT2D eigenvalue weighted by molar-refractivity contribution is -0.380. The third-order valence-corrected chi connectivity index (χ3v) is 3.59. The largest absolute Gasteiger partial charge is 0.445 e. The Morgan fingerprint density at radius 3 is 2.56 bits per heavy atom. The molecular weight excluding hydrogens is 294 g/mol. The number of benzene rings is 1. The first-order valence-electron chi connectivity index (χ1n) is 4.33. The van der Waals surface area contributed by atoms with Gasteiger partial charge in [-0.25, -0.2) is 0 Å². The van der Waals surface area contributed by atoms with Gasteiger partial charge < -0.3 is 4.74 Å². The average molecular weight is 300 g/mol. The quantitative estimate of drug-likeness (QED) is 0.630. The number of para-hydroxylation sites is 1. The Bertz CT molecular complexity index is 512. The highest BCUT2D eigenvalue weighted by molar-refractivity contribution is 9.10.